The van der Waals surface area contributed by atoms with Crippen molar-refractivity contribution in [1.82, 2.24) is 0 Å². The van der Waals surface area contributed by atoms with Gasteiger partial charge in [-0.1, -0.05) is 0 Å². The molecule has 0 radical (unpaired) electrons. The van der Waals surface area contributed by atoms with E-state index in [4.69, 9.17) is 0 Å². The molecule has 0 atom stereocenters. The van der Waals surface area contributed by atoms with Crippen LogP contribution in [-0.2, 0) is 0 Å². The van der Waals surface area contributed by atoms with E-state index in [0.29, 0.717) is 5.69 Å². The number of benzene rings is 1. The van der Waals surface area contributed by atoms with Gasteiger partial charge in [0, 0.05) is 22.2 Å². The molecular formula is C8H9BrN2O2. The molecule has 13 heavy (non-hydrogen) atoms. The molecule has 1 N–H and O–H groups in total. The average Bonchev–Trinajstić information content (AvgIpc) is 2.08. The number of nitrogens with one attached hydrogen (secondary N) is 1. The van der Waals surface area contributed by atoms with E-state index < -0.39 is 4.92 Å². The number of hydrogen-bond acceptors (Lipinski definition) is 3. The molecule has 0 fully saturated rings. The van der Waals surface area contributed by atoms with Gasteiger partial charge in [0.25, 0.3) is 5.69 Å². The summed E-state index contributed by atoms with van der Waals surface area (Å²) in [6.07, 6.45) is 0. The zero-order chi connectivity index (χ0) is 10.0. The van der Waals surface area contributed by atoms with Gasteiger partial charge >= 0.3 is 0 Å². The predicted octanol–water partition coefficient (Wildman–Crippen LogP) is 2.93. The number of hydrogen-bond donors (Lipinski definition) is 1. The lowest BCUT2D eigenvalue weighted by atomic mass is 10.1. The lowest BCUT2D eigenvalue weighted by molar-refractivity contribution is -0.383. The third-order valence-electron chi connectivity index (χ3n) is 1.91. The highest BCUT2D eigenvalue weighted by Gasteiger charge is 2.14. The fraction of sp³-hybridized carbons (Fsp3) is 0.250. The third-order valence-corrected chi connectivity index (χ3v) is 2.34. The number of nitro groups is 1. The third kappa shape index (κ3) is 1.98. The van der Waals surface area contributed by atoms with E-state index in [1.807, 2.05) is 13.8 Å². The van der Waals surface area contributed by atoms with Crippen LogP contribution in [-0.4, -0.2) is 4.92 Å². The van der Waals surface area contributed by atoms with E-state index in [9.17, 15) is 10.1 Å². The van der Waals surface area contributed by atoms with E-state index in [0.717, 1.165) is 11.1 Å². The monoisotopic (exact) mass is 244 g/mol. The molecule has 1 aromatic rings. The molecule has 0 spiro atoms. The quantitative estimate of drug-likeness (QED) is 0.495. The fourth-order valence-electron chi connectivity index (χ4n) is 1.03. The first-order valence-electron chi connectivity index (χ1n) is 3.68. The Kier molecular flexibility index (Phi) is 2.87. The molecule has 0 amide bonds. The summed E-state index contributed by atoms with van der Waals surface area (Å²) in [6, 6.07) is 3.29. The number of halogens is 1. The summed E-state index contributed by atoms with van der Waals surface area (Å²) >= 11 is 2.98. The van der Waals surface area contributed by atoms with Crippen LogP contribution in [0.4, 0.5) is 11.4 Å². The fourth-order valence-corrected chi connectivity index (χ4v) is 1.35. The van der Waals surface area contributed by atoms with Crippen LogP contribution in [0.3, 0.4) is 0 Å². The Morgan fingerprint density at radius 2 is 1.92 bits per heavy atom. The van der Waals surface area contributed by atoms with Gasteiger partial charge in [0.1, 0.15) is 5.69 Å². The van der Waals surface area contributed by atoms with Crippen LogP contribution in [0, 0.1) is 24.0 Å². The number of nitrogens with zero attached hydrogens (tertiary/aromatic N) is 1. The van der Waals surface area contributed by atoms with Crippen molar-refractivity contribution >= 4 is 27.5 Å². The second-order valence-corrected chi connectivity index (χ2v) is 3.20. The summed E-state index contributed by atoms with van der Waals surface area (Å²) in [5.41, 5.74) is 2.50. The van der Waals surface area contributed by atoms with Crippen LogP contribution in [0.15, 0.2) is 12.1 Å². The highest BCUT2D eigenvalue weighted by molar-refractivity contribution is 9.10. The van der Waals surface area contributed by atoms with Crippen molar-refractivity contribution < 1.29 is 4.92 Å². The van der Waals surface area contributed by atoms with Crippen LogP contribution >= 0.6 is 16.1 Å². The van der Waals surface area contributed by atoms with E-state index in [1.54, 1.807) is 12.1 Å². The minimum atomic E-state index is -0.407. The van der Waals surface area contributed by atoms with E-state index in [2.05, 4.69) is 20.5 Å². The standard InChI is InChI=1S/C8H9BrN2O2/c1-5-3-7(10-9)8(11(12)13)4-6(5)2/h3-4,10H,1-2H3. The second kappa shape index (κ2) is 3.74. The summed E-state index contributed by atoms with van der Waals surface area (Å²) in [7, 11) is 0. The van der Waals surface area contributed by atoms with Gasteiger partial charge in [0.15, 0.2) is 0 Å². The van der Waals surface area contributed by atoms with Crippen LogP contribution < -0.4 is 4.34 Å². The number of anilines is 1. The highest BCUT2D eigenvalue weighted by atomic mass is 79.9. The van der Waals surface area contributed by atoms with Crippen molar-refractivity contribution in [3.63, 3.8) is 0 Å². The molecule has 1 rings (SSSR count). The summed E-state index contributed by atoms with van der Waals surface area (Å²) in [4.78, 5) is 10.2. The molecule has 0 unspecified atom stereocenters. The maximum Gasteiger partial charge on any atom is 0.293 e. The van der Waals surface area contributed by atoms with Crippen molar-refractivity contribution in [3.8, 4) is 0 Å². The summed E-state index contributed by atoms with van der Waals surface area (Å²) in [6.45, 7) is 3.76. The number of nitro benzene ring substituents is 1. The lowest BCUT2D eigenvalue weighted by Gasteiger charge is -2.04. The Labute approximate surface area is 84.4 Å². The van der Waals surface area contributed by atoms with Crippen molar-refractivity contribution in [1.29, 1.82) is 0 Å². The maximum atomic E-state index is 10.6. The van der Waals surface area contributed by atoms with Crippen LogP contribution in [0.2, 0.25) is 0 Å². The topological polar surface area (TPSA) is 55.2 Å². The molecule has 0 saturated heterocycles. The molecule has 0 aliphatic heterocycles. The van der Waals surface area contributed by atoms with E-state index in [-0.39, 0.29) is 5.69 Å². The molecule has 0 saturated carbocycles. The number of rotatable bonds is 2. The van der Waals surface area contributed by atoms with Crippen molar-refractivity contribution in [3.05, 3.63) is 33.4 Å². The van der Waals surface area contributed by atoms with Crippen molar-refractivity contribution in [2.24, 2.45) is 0 Å². The van der Waals surface area contributed by atoms with Crippen molar-refractivity contribution in [2.75, 3.05) is 4.34 Å². The van der Waals surface area contributed by atoms with Crippen LogP contribution in [0.25, 0.3) is 0 Å². The zero-order valence-electron chi connectivity index (χ0n) is 7.30. The zero-order valence-corrected chi connectivity index (χ0v) is 8.88. The minimum absolute atomic E-state index is 0.0833. The smallest absolute Gasteiger partial charge is 0.293 e. The first kappa shape index (κ1) is 9.98. The Morgan fingerprint density at radius 3 is 2.38 bits per heavy atom. The first-order valence-corrected chi connectivity index (χ1v) is 4.48. The summed E-state index contributed by atoms with van der Waals surface area (Å²) < 4.78 is 2.62. The SMILES string of the molecule is Cc1cc(NBr)c([N+](=O)[O-])cc1C. The summed E-state index contributed by atoms with van der Waals surface area (Å²) in [5, 5.41) is 10.6. The molecule has 0 bridgehead atoms. The first-order chi connectivity index (χ1) is 6.06. The van der Waals surface area contributed by atoms with Crippen LogP contribution in [0.5, 0.6) is 0 Å². The highest BCUT2D eigenvalue weighted by Crippen LogP contribution is 2.28. The van der Waals surface area contributed by atoms with Crippen LogP contribution in [0.1, 0.15) is 11.1 Å². The van der Waals surface area contributed by atoms with Gasteiger partial charge in [-0.15, -0.1) is 0 Å². The van der Waals surface area contributed by atoms with E-state index in [1.165, 1.54) is 0 Å². The largest absolute Gasteiger partial charge is 0.317 e. The normalized spacial score (nSPS) is 9.77. The predicted molar refractivity (Wildman–Crippen MR) is 55.1 cm³/mol. The van der Waals surface area contributed by atoms with Crippen molar-refractivity contribution in [2.45, 2.75) is 13.8 Å². The lowest BCUT2D eigenvalue weighted by Crippen LogP contribution is -1.95. The Hall–Kier alpha value is -1.10. The Balaban J connectivity index is 3.33. The van der Waals surface area contributed by atoms with Gasteiger partial charge < -0.3 is 4.34 Å². The maximum absolute atomic E-state index is 10.6. The molecule has 5 heteroatoms. The molecule has 0 aliphatic rings. The molecule has 0 aromatic heterocycles. The molecule has 4 nitrogen and oxygen atoms in total. The van der Waals surface area contributed by atoms with Gasteiger partial charge in [-0.05, 0) is 31.0 Å². The van der Waals surface area contributed by atoms with E-state index >= 15 is 0 Å². The molecule has 70 valence electrons. The molecule has 1 aromatic carbocycles. The average molecular weight is 245 g/mol. The van der Waals surface area contributed by atoms with Gasteiger partial charge in [-0.3, -0.25) is 10.1 Å². The molecule has 0 heterocycles. The number of aryl methyl sites for hydroxylation is 2. The Morgan fingerprint density at radius 1 is 1.38 bits per heavy atom. The minimum Gasteiger partial charge on any atom is -0.317 e. The molecule has 0 aliphatic carbocycles. The van der Waals surface area contributed by atoms with Gasteiger partial charge in [0.05, 0.1) is 4.92 Å². The van der Waals surface area contributed by atoms with Gasteiger partial charge in [-0.25, -0.2) is 0 Å². The Bertz CT molecular complexity index is 352. The van der Waals surface area contributed by atoms with Gasteiger partial charge in [-0.2, -0.15) is 0 Å². The summed E-state index contributed by atoms with van der Waals surface area (Å²) in [5.74, 6) is 0. The van der Waals surface area contributed by atoms with Gasteiger partial charge in [0.2, 0.25) is 0 Å². The molecular weight excluding hydrogens is 236 g/mol. The second-order valence-electron chi connectivity index (χ2n) is 2.81.